The number of imidazole rings is 1. The van der Waals surface area contributed by atoms with Crippen molar-refractivity contribution in [3.63, 3.8) is 0 Å². The zero-order chi connectivity index (χ0) is 22.0. The zero-order valence-electron chi connectivity index (χ0n) is 18.8. The molecule has 1 N–H and O–H groups in total. The van der Waals surface area contributed by atoms with Gasteiger partial charge in [0.1, 0.15) is 5.82 Å². The van der Waals surface area contributed by atoms with Gasteiger partial charge in [0.15, 0.2) is 0 Å². The Kier molecular flexibility index (Phi) is 4.37. The molecule has 1 saturated carbocycles. The third-order valence-electron chi connectivity index (χ3n) is 7.85. The summed E-state index contributed by atoms with van der Waals surface area (Å²) in [4.78, 5) is 21.1. The third kappa shape index (κ3) is 2.96. The standard InChI is InChI=1S/C26H30N4O2/c1-17-8-9-20-21(29(17)25(31)32)10-11-22-24(20)27-23(12-18-6-4-3-5-7-18)30(22)19-13-26(14-19)15-28(2)16-26/h3-7,10-11,17,19H,8-9,12-16H2,1-2H3,(H,31,32). The van der Waals surface area contributed by atoms with Crippen molar-refractivity contribution >= 4 is 22.8 Å². The normalized spacial score (nSPS) is 22.6. The number of nitrogens with zero attached hydrogens (tertiary/aromatic N) is 4. The van der Waals surface area contributed by atoms with Gasteiger partial charge < -0.3 is 14.6 Å². The van der Waals surface area contributed by atoms with Gasteiger partial charge in [-0.1, -0.05) is 30.3 Å². The number of amides is 1. The lowest BCUT2D eigenvalue weighted by atomic mass is 9.60. The van der Waals surface area contributed by atoms with Crippen LogP contribution in [-0.4, -0.2) is 51.8 Å². The maximum absolute atomic E-state index is 12.0. The quantitative estimate of drug-likeness (QED) is 0.654. The van der Waals surface area contributed by atoms with Crippen LogP contribution in [0.3, 0.4) is 0 Å². The Bertz CT molecular complexity index is 1190. The van der Waals surface area contributed by atoms with Crippen molar-refractivity contribution in [2.45, 2.75) is 51.1 Å². The van der Waals surface area contributed by atoms with E-state index in [0.29, 0.717) is 11.5 Å². The van der Waals surface area contributed by atoms with E-state index in [-0.39, 0.29) is 6.04 Å². The molecule has 1 amide bonds. The van der Waals surface area contributed by atoms with Crippen molar-refractivity contribution in [3.8, 4) is 0 Å². The van der Waals surface area contributed by atoms with E-state index in [2.05, 4.69) is 46.8 Å². The minimum atomic E-state index is -0.878. The second kappa shape index (κ2) is 7.07. The molecule has 6 heteroatoms. The van der Waals surface area contributed by atoms with E-state index >= 15 is 0 Å². The number of hydrogen-bond acceptors (Lipinski definition) is 3. The number of likely N-dealkylation sites (tertiary alicyclic amines) is 1. The van der Waals surface area contributed by atoms with Crippen LogP contribution in [0.4, 0.5) is 10.5 Å². The maximum Gasteiger partial charge on any atom is 0.412 e. The van der Waals surface area contributed by atoms with Gasteiger partial charge in [0.2, 0.25) is 0 Å². The number of aryl methyl sites for hydroxylation is 1. The van der Waals surface area contributed by atoms with Crippen LogP contribution in [0.5, 0.6) is 0 Å². The third-order valence-corrected chi connectivity index (χ3v) is 7.85. The van der Waals surface area contributed by atoms with Crippen molar-refractivity contribution in [1.82, 2.24) is 14.5 Å². The molecule has 166 valence electrons. The highest BCUT2D eigenvalue weighted by Gasteiger charge is 2.52. The number of carboxylic acid groups (broad SMARTS) is 1. The molecule has 1 spiro atoms. The van der Waals surface area contributed by atoms with Gasteiger partial charge in [-0.05, 0) is 62.8 Å². The number of anilines is 1. The lowest BCUT2D eigenvalue weighted by Gasteiger charge is -2.58. The molecule has 0 bridgehead atoms. The fourth-order valence-corrected chi connectivity index (χ4v) is 6.53. The minimum absolute atomic E-state index is 0.00887. The van der Waals surface area contributed by atoms with Crippen LogP contribution in [0, 0.1) is 5.41 Å². The summed E-state index contributed by atoms with van der Waals surface area (Å²) in [6.45, 7) is 4.39. The molecule has 1 atom stereocenters. The Morgan fingerprint density at radius 3 is 2.59 bits per heavy atom. The Hall–Kier alpha value is -2.86. The summed E-state index contributed by atoms with van der Waals surface area (Å²) in [6, 6.07) is 15.1. The van der Waals surface area contributed by atoms with Gasteiger partial charge in [0, 0.05) is 37.2 Å². The highest BCUT2D eigenvalue weighted by atomic mass is 16.4. The first-order chi connectivity index (χ1) is 15.4. The van der Waals surface area contributed by atoms with Gasteiger partial charge in [0.05, 0.1) is 16.7 Å². The first-order valence-electron chi connectivity index (χ1n) is 11.7. The van der Waals surface area contributed by atoms with Gasteiger partial charge in [-0.25, -0.2) is 9.78 Å². The summed E-state index contributed by atoms with van der Waals surface area (Å²) in [5.41, 5.74) is 5.82. The van der Waals surface area contributed by atoms with Crippen LogP contribution in [0.1, 0.15) is 49.2 Å². The summed E-state index contributed by atoms with van der Waals surface area (Å²) in [5.74, 6) is 1.10. The SMILES string of the molecule is CC1CCc2c(ccc3c2nc(Cc2ccccc2)n3C2CC3(C2)CN(C)C3)N1C(=O)O. The molecule has 3 heterocycles. The molecule has 1 unspecified atom stereocenters. The molecule has 3 aliphatic rings. The highest BCUT2D eigenvalue weighted by Crippen LogP contribution is 2.55. The second-order valence-corrected chi connectivity index (χ2v) is 10.3. The molecule has 1 saturated heterocycles. The topological polar surface area (TPSA) is 61.6 Å². The summed E-state index contributed by atoms with van der Waals surface area (Å²) >= 11 is 0. The molecule has 6 rings (SSSR count). The van der Waals surface area contributed by atoms with Crippen molar-refractivity contribution in [2.75, 3.05) is 25.0 Å². The smallest absolute Gasteiger partial charge is 0.412 e. The predicted octanol–water partition coefficient (Wildman–Crippen LogP) is 4.71. The predicted molar refractivity (Wildman–Crippen MR) is 125 cm³/mol. The van der Waals surface area contributed by atoms with Crippen LogP contribution >= 0.6 is 0 Å². The summed E-state index contributed by atoms with van der Waals surface area (Å²) in [7, 11) is 2.20. The van der Waals surface area contributed by atoms with E-state index in [1.165, 1.54) is 41.9 Å². The van der Waals surface area contributed by atoms with E-state index in [4.69, 9.17) is 4.98 Å². The number of fused-ring (bicyclic) bond motifs is 3. The number of aromatic nitrogens is 2. The first kappa shape index (κ1) is 19.8. The number of carbonyl (C=O) groups is 1. The van der Waals surface area contributed by atoms with E-state index in [1.807, 2.05) is 19.1 Å². The molecular weight excluding hydrogens is 400 g/mol. The van der Waals surface area contributed by atoms with Crippen LogP contribution in [-0.2, 0) is 12.8 Å². The molecule has 6 nitrogen and oxygen atoms in total. The second-order valence-electron chi connectivity index (χ2n) is 10.3. The minimum Gasteiger partial charge on any atom is -0.465 e. The monoisotopic (exact) mass is 430 g/mol. The fourth-order valence-electron chi connectivity index (χ4n) is 6.53. The number of hydrogen-bond donors (Lipinski definition) is 1. The van der Waals surface area contributed by atoms with Crippen molar-refractivity contribution in [2.24, 2.45) is 5.41 Å². The molecule has 1 aliphatic carbocycles. The maximum atomic E-state index is 12.0. The lowest BCUT2D eigenvalue weighted by molar-refractivity contribution is -0.0752. The Balaban J connectivity index is 1.45. The summed E-state index contributed by atoms with van der Waals surface area (Å²) < 4.78 is 2.48. The van der Waals surface area contributed by atoms with Crippen LogP contribution in [0.25, 0.3) is 11.0 Å². The molecular formula is C26H30N4O2. The number of rotatable bonds is 3. The van der Waals surface area contributed by atoms with Gasteiger partial charge in [-0.3, -0.25) is 4.90 Å². The Morgan fingerprint density at radius 1 is 1.16 bits per heavy atom. The van der Waals surface area contributed by atoms with E-state index in [0.717, 1.165) is 41.9 Å². The van der Waals surface area contributed by atoms with Gasteiger partial charge >= 0.3 is 6.09 Å². The summed E-state index contributed by atoms with van der Waals surface area (Å²) in [6.07, 6.45) is 4.04. The Morgan fingerprint density at radius 2 is 1.91 bits per heavy atom. The molecule has 32 heavy (non-hydrogen) atoms. The van der Waals surface area contributed by atoms with Crippen LogP contribution in [0.2, 0.25) is 0 Å². The molecule has 2 aliphatic heterocycles. The van der Waals surface area contributed by atoms with Crippen molar-refractivity contribution < 1.29 is 9.90 Å². The molecule has 3 aromatic rings. The van der Waals surface area contributed by atoms with Crippen molar-refractivity contribution in [3.05, 3.63) is 59.4 Å². The lowest BCUT2D eigenvalue weighted by Crippen LogP contribution is -2.60. The van der Waals surface area contributed by atoms with Crippen molar-refractivity contribution in [1.29, 1.82) is 0 Å². The van der Waals surface area contributed by atoms with Crippen LogP contribution < -0.4 is 4.90 Å². The van der Waals surface area contributed by atoms with Gasteiger partial charge in [-0.2, -0.15) is 0 Å². The molecule has 1 aromatic heterocycles. The number of benzene rings is 2. The first-order valence-corrected chi connectivity index (χ1v) is 11.7. The van der Waals surface area contributed by atoms with Gasteiger partial charge in [-0.15, -0.1) is 0 Å². The molecule has 0 radical (unpaired) electrons. The van der Waals surface area contributed by atoms with E-state index < -0.39 is 6.09 Å². The van der Waals surface area contributed by atoms with Crippen LogP contribution in [0.15, 0.2) is 42.5 Å². The van der Waals surface area contributed by atoms with E-state index in [9.17, 15) is 9.90 Å². The van der Waals surface area contributed by atoms with Gasteiger partial charge in [0.25, 0.3) is 0 Å². The molecule has 2 fully saturated rings. The largest absolute Gasteiger partial charge is 0.465 e. The van der Waals surface area contributed by atoms with E-state index in [1.54, 1.807) is 0 Å². The molecule has 2 aromatic carbocycles. The fraction of sp³-hybridized carbons (Fsp3) is 0.462. The average Bonchev–Trinajstić information content (AvgIpc) is 3.07. The summed E-state index contributed by atoms with van der Waals surface area (Å²) in [5, 5.41) is 9.83. The average molecular weight is 431 g/mol. The zero-order valence-corrected chi connectivity index (χ0v) is 18.8. The highest BCUT2D eigenvalue weighted by molar-refractivity contribution is 5.94. The Labute approximate surface area is 188 Å².